The molecule has 3 aromatic rings. The molecule has 0 radical (unpaired) electrons. The fourth-order valence-electron chi connectivity index (χ4n) is 3.60. The number of hydrogen-bond acceptors (Lipinski definition) is 3. The molecule has 0 aromatic heterocycles. The molecule has 0 saturated carbocycles. The highest BCUT2D eigenvalue weighted by molar-refractivity contribution is 5.68. The molecule has 3 rings (SSSR count). The van der Waals surface area contributed by atoms with Gasteiger partial charge < -0.3 is 15.3 Å². The Balaban J connectivity index is 1.98. The van der Waals surface area contributed by atoms with Crippen LogP contribution in [0.25, 0.3) is 5.57 Å². The molecule has 0 heterocycles. The highest BCUT2D eigenvalue weighted by Gasteiger charge is 2.21. The zero-order chi connectivity index (χ0) is 21.0. The summed E-state index contributed by atoms with van der Waals surface area (Å²) in [7, 11) is 0. The molecule has 0 bridgehead atoms. The van der Waals surface area contributed by atoms with Crippen molar-refractivity contribution >= 4 is 5.57 Å². The molecule has 3 nitrogen and oxygen atoms in total. The van der Waals surface area contributed by atoms with E-state index >= 15 is 0 Å². The van der Waals surface area contributed by atoms with Gasteiger partial charge in [-0.05, 0) is 71.0 Å². The van der Waals surface area contributed by atoms with Gasteiger partial charge >= 0.3 is 0 Å². The molecule has 0 spiro atoms. The number of phenolic OH excluding ortho intramolecular Hbond substituents is 3. The van der Waals surface area contributed by atoms with Crippen molar-refractivity contribution in [1.82, 2.24) is 0 Å². The zero-order valence-corrected chi connectivity index (χ0v) is 17.1. The SMILES string of the molecule is CC(CC(=CC(C)(C)c1ccc(O)cc1)c1ccc(O)cc1)c1ccc(O)cc1. The van der Waals surface area contributed by atoms with Gasteiger partial charge in [0.15, 0.2) is 0 Å². The van der Waals surface area contributed by atoms with Crippen LogP contribution >= 0.6 is 0 Å². The second-order valence-electron chi connectivity index (χ2n) is 8.18. The minimum Gasteiger partial charge on any atom is -0.508 e. The molecule has 0 saturated heterocycles. The first-order valence-corrected chi connectivity index (χ1v) is 9.84. The summed E-state index contributed by atoms with van der Waals surface area (Å²) in [5.74, 6) is 1.03. The summed E-state index contributed by atoms with van der Waals surface area (Å²) in [4.78, 5) is 0. The van der Waals surface area contributed by atoms with Gasteiger partial charge in [0.2, 0.25) is 0 Å². The first kappa shape index (κ1) is 20.5. The number of hydrogen-bond donors (Lipinski definition) is 3. The van der Waals surface area contributed by atoms with Crippen LogP contribution in [-0.2, 0) is 5.41 Å². The van der Waals surface area contributed by atoms with Crippen molar-refractivity contribution in [3.8, 4) is 17.2 Å². The van der Waals surface area contributed by atoms with Crippen LogP contribution in [0.2, 0.25) is 0 Å². The van der Waals surface area contributed by atoms with Crippen molar-refractivity contribution in [3.05, 3.63) is 95.6 Å². The van der Waals surface area contributed by atoms with Gasteiger partial charge in [0.25, 0.3) is 0 Å². The molecule has 1 atom stereocenters. The lowest BCUT2D eigenvalue weighted by atomic mass is 9.79. The largest absolute Gasteiger partial charge is 0.508 e. The molecule has 0 amide bonds. The standard InChI is InChI=1S/C26H28O3/c1-18(19-4-10-23(27)11-5-19)16-21(20-6-12-24(28)13-7-20)17-26(2,3)22-8-14-25(29)15-9-22/h4-15,17-18,27-29H,16H2,1-3H3. The lowest BCUT2D eigenvalue weighted by molar-refractivity contribution is 0.474. The van der Waals surface area contributed by atoms with Gasteiger partial charge in [-0.25, -0.2) is 0 Å². The second kappa shape index (κ2) is 8.44. The van der Waals surface area contributed by atoms with Crippen molar-refractivity contribution in [1.29, 1.82) is 0 Å². The molecule has 3 aromatic carbocycles. The summed E-state index contributed by atoms with van der Waals surface area (Å²) >= 11 is 0. The summed E-state index contributed by atoms with van der Waals surface area (Å²) in [6.45, 7) is 6.49. The van der Waals surface area contributed by atoms with E-state index in [1.165, 1.54) is 5.57 Å². The Hall–Kier alpha value is -3.20. The second-order valence-corrected chi connectivity index (χ2v) is 8.18. The van der Waals surface area contributed by atoms with Crippen LogP contribution < -0.4 is 0 Å². The van der Waals surface area contributed by atoms with Crippen molar-refractivity contribution in [2.45, 2.75) is 38.5 Å². The Kier molecular flexibility index (Phi) is 5.97. The summed E-state index contributed by atoms with van der Waals surface area (Å²) in [5, 5.41) is 28.9. The minimum absolute atomic E-state index is 0.240. The molecule has 1 unspecified atom stereocenters. The summed E-state index contributed by atoms with van der Waals surface area (Å²) in [6.07, 6.45) is 3.08. The molecular formula is C26H28O3. The van der Waals surface area contributed by atoms with Gasteiger partial charge in [-0.15, -0.1) is 0 Å². The Morgan fingerprint density at radius 2 is 1.21 bits per heavy atom. The average molecular weight is 389 g/mol. The third-order valence-corrected chi connectivity index (χ3v) is 5.37. The third kappa shape index (κ3) is 5.20. The molecular weight excluding hydrogens is 360 g/mol. The quantitative estimate of drug-likeness (QED) is 0.460. The van der Waals surface area contributed by atoms with Crippen LogP contribution in [0.3, 0.4) is 0 Å². The van der Waals surface area contributed by atoms with E-state index in [0.717, 1.165) is 23.1 Å². The maximum atomic E-state index is 9.69. The fraction of sp³-hybridized carbons (Fsp3) is 0.231. The topological polar surface area (TPSA) is 60.7 Å². The van der Waals surface area contributed by atoms with Crippen LogP contribution in [0.5, 0.6) is 17.2 Å². The van der Waals surface area contributed by atoms with E-state index in [9.17, 15) is 15.3 Å². The number of allylic oxidation sites excluding steroid dienone is 2. The molecule has 150 valence electrons. The van der Waals surface area contributed by atoms with Gasteiger partial charge in [-0.2, -0.15) is 0 Å². The number of benzene rings is 3. The number of aromatic hydroxyl groups is 3. The lowest BCUT2D eigenvalue weighted by Gasteiger charge is -2.25. The summed E-state index contributed by atoms with van der Waals surface area (Å²) in [6, 6.07) is 22.0. The van der Waals surface area contributed by atoms with E-state index in [2.05, 4.69) is 26.8 Å². The molecule has 3 N–H and O–H groups in total. The van der Waals surface area contributed by atoms with Crippen LogP contribution in [0, 0.1) is 0 Å². The van der Waals surface area contributed by atoms with Crippen LogP contribution in [0.15, 0.2) is 78.9 Å². The average Bonchev–Trinajstić information content (AvgIpc) is 2.68. The van der Waals surface area contributed by atoms with Crippen LogP contribution in [0.4, 0.5) is 0 Å². The van der Waals surface area contributed by atoms with Gasteiger partial charge in [0, 0.05) is 5.41 Å². The highest BCUT2D eigenvalue weighted by Crippen LogP contribution is 2.35. The Morgan fingerprint density at radius 1 is 0.759 bits per heavy atom. The van der Waals surface area contributed by atoms with Crippen LogP contribution in [0.1, 0.15) is 49.8 Å². The summed E-state index contributed by atoms with van der Waals surface area (Å²) in [5.41, 5.74) is 4.29. The third-order valence-electron chi connectivity index (χ3n) is 5.37. The normalized spacial score (nSPS) is 13.3. The lowest BCUT2D eigenvalue weighted by Crippen LogP contribution is -2.14. The van der Waals surface area contributed by atoms with E-state index in [4.69, 9.17) is 0 Å². The zero-order valence-electron chi connectivity index (χ0n) is 17.1. The molecule has 0 fully saturated rings. The van der Waals surface area contributed by atoms with Gasteiger partial charge in [0.05, 0.1) is 0 Å². The van der Waals surface area contributed by atoms with Crippen molar-refractivity contribution in [2.24, 2.45) is 0 Å². The first-order valence-electron chi connectivity index (χ1n) is 9.84. The molecule has 0 aliphatic heterocycles. The van der Waals surface area contributed by atoms with Crippen molar-refractivity contribution in [3.63, 3.8) is 0 Å². The molecule has 29 heavy (non-hydrogen) atoms. The first-order chi connectivity index (χ1) is 13.7. The van der Waals surface area contributed by atoms with Gasteiger partial charge in [-0.1, -0.05) is 63.2 Å². The highest BCUT2D eigenvalue weighted by atomic mass is 16.3. The Bertz CT molecular complexity index is 966. The van der Waals surface area contributed by atoms with E-state index < -0.39 is 0 Å². The molecule has 0 aliphatic rings. The van der Waals surface area contributed by atoms with Crippen LogP contribution in [-0.4, -0.2) is 15.3 Å². The minimum atomic E-state index is -0.240. The summed E-state index contributed by atoms with van der Waals surface area (Å²) < 4.78 is 0. The number of rotatable bonds is 6. The molecule has 3 heteroatoms. The Labute approximate surface area is 172 Å². The smallest absolute Gasteiger partial charge is 0.115 e. The van der Waals surface area contributed by atoms with E-state index in [-0.39, 0.29) is 28.6 Å². The molecule has 0 aliphatic carbocycles. The van der Waals surface area contributed by atoms with E-state index in [1.54, 1.807) is 36.4 Å². The monoisotopic (exact) mass is 388 g/mol. The predicted octanol–water partition coefficient (Wildman–Crippen LogP) is 6.36. The van der Waals surface area contributed by atoms with E-state index in [1.807, 2.05) is 36.4 Å². The maximum Gasteiger partial charge on any atom is 0.115 e. The Morgan fingerprint density at radius 3 is 1.72 bits per heavy atom. The van der Waals surface area contributed by atoms with Gasteiger partial charge in [0.1, 0.15) is 17.2 Å². The van der Waals surface area contributed by atoms with Crippen molar-refractivity contribution in [2.75, 3.05) is 0 Å². The van der Waals surface area contributed by atoms with E-state index in [0.29, 0.717) is 0 Å². The maximum absolute atomic E-state index is 9.69. The predicted molar refractivity (Wildman–Crippen MR) is 118 cm³/mol. The fourth-order valence-corrected chi connectivity index (χ4v) is 3.60. The van der Waals surface area contributed by atoms with Crippen molar-refractivity contribution < 1.29 is 15.3 Å². The van der Waals surface area contributed by atoms with Gasteiger partial charge in [-0.3, -0.25) is 0 Å². The number of phenols is 3.